The van der Waals surface area contributed by atoms with Crippen LogP contribution in [0.5, 0.6) is 11.5 Å². The minimum Gasteiger partial charge on any atom is -0.507 e. The molecule has 4 nitrogen and oxygen atoms in total. The van der Waals surface area contributed by atoms with Crippen LogP contribution in [0, 0.1) is 13.8 Å². The summed E-state index contributed by atoms with van der Waals surface area (Å²) < 4.78 is 5.13. The Balaban J connectivity index is 2.35. The van der Waals surface area contributed by atoms with E-state index >= 15 is 0 Å². The standard InChI is InChI=1S/C19H24O4/c1-12-6-14(9-16(4-5-20)18(12)21)8-15-7-13(2)19(22)17(10-15)11-23-3/h6-7,9-10,20-22H,4-5,8,11H2,1-3H3. The Kier molecular flexibility index (Phi) is 5.64. The van der Waals surface area contributed by atoms with E-state index in [0.29, 0.717) is 19.4 Å². The van der Waals surface area contributed by atoms with Crippen LogP contribution >= 0.6 is 0 Å². The third kappa shape index (κ3) is 4.03. The lowest BCUT2D eigenvalue weighted by atomic mass is 9.96. The number of phenolic OH excluding ortho intramolecular Hbond substituents is 2. The summed E-state index contributed by atoms with van der Waals surface area (Å²) in [6.07, 6.45) is 1.13. The van der Waals surface area contributed by atoms with Gasteiger partial charge in [-0.15, -0.1) is 0 Å². The molecule has 0 atom stereocenters. The third-order valence-corrected chi connectivity index (χ3v) is 3.97. The quantitative estimate of drug-likeness (QED) is 0.766. The van der Waals surface area contributed by atoms with Crippen molar-refractivity contribution in [2.45, 2.75) is 33.3 Å². The molecule has 2 aromatic rings. The average Bonchev–Trinajstić information content (AvgIpc) is 2.50. The van der Waals surface area contributed by atoms with Gasteiger partial charge in [0.1, 0.15) is 11.5 Å². The maximum atomic E-state index is 10.1. The molecule has 0 aliphatic heterocycles. The lowest BCUT2D eigenvalue weighted by Crippen LogP contribution is -1.99. The second-order valence-corrected chi connectivity index (χ2v) is 5.92. The van der Waals surface area contributed by atoms with Crippen LogP contribution in [-0.2, 0) is 24.2 Å². The van der Waals surface area contributed by atoms with Gasteiger partial charge in [-0.25, -0.2) is 0 Å². The lowest BCUT2D eigenvalue weighted by molar-refractivity contribution is 0.182. The topological polar surface area (TPSA) is 69.9 Å². The van der Waals surface area contributed by atoms with E-state index in [1.165, 1.54) is 0 Å². The summed E-state index contributed by atoms with van der Waals surface area (Å²) in [6, 6.07) is 7.78. The van der Waals surface area contributed by atoms with Gasteiger partial charge in [-0.3, -0.25) is 0 Å². The molecule has 0 radical (unpaired) electrons. The Morgan fingerprint density at radius 1 is 0.870 bits per heavy atom. The first kappa shape index (κ1) is 17.3. The van der Waals surface area contributed by atoms with Gasteiger partial charge >= 0.3 is 0 Å². The number of methoxy groups -OCH3 is 1. The molecule has 124 valence electrons. The Hall–Kier alpha value is -2.04. The van der Waals surface area contributed by atoms with Crippen LogP contribution in [0.3, 0.4) is 0 Å². The predicted octanol–water partition coefficient (Wildman–Crippen LogP) is 2.99. The summed E-state index contributed by atoms with van der Waals surface area (Å²) in [4.78, 5) is 0. The van der Waals surface area contributed by atoms with E-state index in [1.54, 1.807) is 7.11 Å². The predicted molar refractivity (Wildman–Crippen MR) is 90.0 cm³/mol. The Morgan fingerprint density at radius 3 is 1.91 bits per heavy atom. The summed E-state index contributed by atoms with van der Waals surface area (Å²) in [5.74, 6) is 0.531. The zero-order valence-electron chi connectivity index (χ0n) is 13.9. The molecule has 0 amide bonds. The number of ether oxygens (including phenoxy) is 1. The molecule has 4 heteroatoms. The van der Waals surface area contributed by atoms with E-state index in [4.69, 9.17) is 9.84 Å². The van der Waals surface area contributed by atoms with Crippen LogP contribution in [0.25, 0.3) is 0 Å². The maximum Gasteiger partial charge on any atom is 0.124 e. The van der Waals surface area contributed by atoms with E-state index < -0.39 is 0 Å². The molecule has 3 N–H and O–H groups in total. The monoisotopic (exact) mass is 316 g/mol. The molecule has 0 aromatic heterocycles. The van der Waals surface area contributed by atoms with Gasteiger partial charge in [-0.2, -0.15) is 0 Å². The fraction of sp³-hybridized carbons (Fsp3) is 0.368. The van der Waals surface area contributed by atoms with Crippen molar-refractivity contribution >= 4 is 0 Å². The fourth-order valence-electron chi connectivity index (χ4n) is 2.88. The van der Waals surface area contributed by atoms with Crippen LogP contribution < -0.4 is 0 Å². The molecule has 0 saturated heterocycles. The van der Waals surface area contributed by atoms with Crippen molar-refractivity contribution < 1.29 is 20.1 Å². The summed E-state index contributed by atoms with van der Waals surface area (Å²) >= 11 is 0. The molecule has 2 rings (SSSR count). The molecule has 0 fully saturated rings. The number of aromatic hydroxyl groups is 2. The van der Waals surface area contributed by atoms with E-state index in [1.807, 2.05) is 38.1 Å². The van der Waals surface area contributed by atoms with Gasteiger partial charge < -0.3 is 20.1 Å². The molecule has 0 aliphatic rings. The molecule has 0 spiro atoms. The normalized spacial score (nSPS) is 11.0. The third-order valence-electron chi connectivity index (χ3n) is 3.97. The number of hydrogen-bond donors (Lipinski definition) is 3. The number of rotatable bonds is 6. The average molecular weight is 316 g/mol. The zero-order chi connectivity index (χ0) is 17.0. The van der Waals surface area contributed by atoms with Crippen molar-refractivity contribution in [3.63, 3.8) is 0 Å². The highest BCUT2D eigenvalue weighted by atomic mass is 16.5. The van der Waals surface area contributed by atoms with Gasteiger partial charge in [0, 0.05) is 19.3 Å². The van der Waals surface area contributed by atoms with Crippen LogP contribution in [0.2, 0.25) is 0 Å². The van der Waals surface area contributed by atoms with Crippen LogP contribution in [0.15, 0.2) is 24.3 Å². The van der Waals surface area contributed by atoms with E-state index in [9.17, 15) is 10.2 Å². The molecule has 0 saturated carbocycles. The molecule has 2 aromatic carbocycles. The van der Waals surface area contributed by atoms with E-state index in [2.05, 4.69) is 0 Å². The molecule has 0 aliphatic carbocycles. The number of benzene rings is 2. The number of aryl methyl sites for hydroxylation is 2. The van der Waals surface area contributed by atoms with Crippen molar-refractivity contribution in [3.8, 4) is 11.5 Å². The largest absolute Gasteiger partial charge is 0.507 e. The first-order chi connectivity index (χ1) is 11.0. The Labute approximate surface area is 137 Å². The van der Waals surface area contributed by atoms with Gasteiger partial charge in [0.15, 0.2) is 0 Å². The van der Waals surface area contributed by atoms with Gasteiger partial charge in [0.05, 0.1) is 6.61 Å². The summed E-state index contributed by atoms with van der Waals surface area (Å²) in [6.45, 7) is 4.10. The van der Waals surface area contributed by atoms with E-state index in [-0.39, 0.29) is 18.1 Å². The Bertz CT molecular complexity index is 633. The SMILES string of the molecule is COCc1cc(Cc2cc(C)c(O)c(CCO)c2)cc(C)c1O. The highest BCUT2D eigenvalue weighted by Crippen LogP contribution is 2.28. The molecule has 0 bridgehead atoms. The van der Waals surface area contributed by atoms with Gasteiger partial charge in [0.25, 0.3) is 0 Å². The van der Waals surface area contributed by atoms with Crippen LogP contribution in [-0.4, -0.2) is 29.0 Å². The van der Waals surface area contributed by atoms with Crippen molar-refractivity contribution in [3.05, 3.63) is 57.6 Å². The molecule has 0 heterocycles. The summed E-state index contributed by atoms with van der Waals surface area (Å²) in [5, 5.41) is 29.3. The number of aliphatic hydroxyl groups excluding tert-OH is 1. The fourth-order valence-corrected chi connectivity index (χ4v) is 2.88. The minimum atomic E-state index is 0.00670. The first-order valence-electron chi connectivity index (χ1n) is 7.68. The maximum absolute atomic E-state index is 10.1. The van der Waals surface area contributed by atoms with Gasteiger partial charge in [-0.05, 0) is 60.6 Å². The second-order valence-electron chi connectivity index (χ2n) is 5.92. The number of aliphatic hydroxyl groups is 1. The van der Waals surface area contributed by atoms with Crippen molar-refractivity contribution in [2.75, 3.05) is 13.7 Å². The first-order valence-corrected chi connectivity index (χ1v) is 7.68. The van der Waals surface area contributed by atoms with Gasteiger partial charge in [0.2, 0.25) is 0 Å². The minimum absolute atomic E-state index is 0.00670. The van der Waals surface area contributed by atoms with Crippen molar-refractivity contribution in [2.24, 2.45) is 0 Å². The van der Waals surface area contributed by atoms with E-state index in [0.717, 1.165) is 33.4 Å². The van der Waals surface area contributed by atoms with Crippen LogP contribution in [0.1, 0.15) is 33.4 Å². The highest BCUT2D eigenvalue weighted by Gasteiger charge is 2.10. The number of phenols is 2. The second kappa shape index (κ2) is 7.49. The number of hydrogen-bond acceptors (Lipinski definition) is 4. The molecule has 23 heavy (non-hydrogen) atoms. The van der Waals surface area contributed by atoms with Gasteiger partial charge in [-0.1, -0.05) is 18.2 Å². The smallest absolute Gasteiger partial charge is 0.124 e. The van der Waals surface area contributed by atoms with Crippen molar-refractivity contribution in [1.82, 2.24) is 0 Å². The highest BCUT2D eigenvalue weighted by molar-refractivity contribution is 5.47. The Morgan fingerprint density at radius 2 is 1.39 bits per heavy atom. The summed E-state index contributed by atoms with van der Waals surface area (Å²) in [5.41, 5.74) is 5.30. The molecular formula is C19H24O4. The van der Waals surface area contributed by atoms with Crippen LogP contribution in [0.4, 0.5) is 0 Å². The lowest BCUT2D eigenvalue weighted by Gasteiger charge is -2.13. The molecular weight excluding hydrogens is 292 g/mol. The summed E-state index contributed by atoms with van der Waals surface area (Å²) in [7, 11) is 1.60. The van der Waals surface area contributed by atoms with Crippen molar-refractivity contribution in [1.29, 1.82) is 0 Å². The zero-order valence-corrected chi connectivity index (χ0v) is 13.9. The molecule has 0 unspecified atom stereocenters.